The van der Waals surface area contributed by atoms with Gasteiger partial charge in [-0.1, -0.05) is 48.9 Å². The van der Waals surface area contributed by atoms with Gasteiger partial charge in [-0.3, -0.25) is 53.8 Å². The number of amides is 6. The van der Waals surface area contributed by atoms with Gasteiger partial charge in [-0.05, 0) is 108 Å². The number of Topliss-reactive ketones (excluding diaryl/α,β-unsaturated/α-hetero) is 2. The third kappa shape index (κ3) is 32.1. The highest BCUT2D eigenvalue weighted by molar-refractivity contribution is 7.98. The largest absolute Gasteiger partial charge is 0.356 e. The number of aromatic nitrogens is 3. The minimum absolute atomic E-state index is 0.00488. The lowest BCUT2D eigenvalue weighted by Crippen LogP contribution is -2.52. The third-order valence-corrected chi connectivity index (χ3v) is 14.1. The minimum atomic E-state index is -0.901. The molecule has 25 heteroatoms. The average Bonchev–Trinajstić information content (AvgIpc) is 3.86. The first-order valence-corrected chi connectivity index (χ1v) is 29.5. The molecule has 1 aromatic rings. The van der Waals surface area contributed by atoms with E-state index in [4.69, 9.17) is 29.8 Å². The van der Waals surface area contributed by atoms with Crippen LogP contribution in [-0.4, -0.2) is 143 Å². The molecule has 0 aromatic carbocycles. The molecule has 77 heavy (non-hydrogen) atoms. The van der Waals surface area contributed by atoms with E-state index in [1.165, 1.54) is 6.92 Å². The molecule has 2 heterocycles. The summed E-state index contributed by atoms with van der Waals surface area (Å²) in [6.07, 6.45) is 28.3. The smallest absolute Gasteiger partial charge is 0.243 e. The van der Waals surface area contributed by atoms with Crippen LogP contribution in [0.2, 0.25) is 0 Å². The number of likely N-dealkylation sites (N-methyl/N-ethyl adjacent to an activating group) is 1. The lowest BCUT2D eigenvalue weighted by atomic mass is 9.94. The fourth-order valence-electron chi connectivity index (χ4n) is 8.08. The maximum absolute atomic E-state index is 13.0. The molecule has 1 aliphatic heterocycles. The fourth-order valence-corrected chi connectivity index (χ4v) is 9.02. The summed E-state index contributed by atoms with van der Waals surface area (Å²) in [5, 5.41) is 25.7. The van der Waals surface area contributed by atoms with Gasteiger partial charge in [-0.2, -0.15) is 23.5 Å². The molecule has 0 spiro atoms. The molecular formula is C52H87N15O8S2. The summed E-state index contributed by atoms with van der Waals surface area (Å²) in [5.74, 6) is 3.86. The second-order valence-corrected chi connectivity index (χ2v) is 20.9. The van der Waals surface area contributed by atoms with Crippen molar-refractivity contribution in [3.05, 3.63) is 22.3 Å². The van der Waals surface area contributed by atoms with Crippen LogP contribution in [0.3, 0.4) is 0 Å². The van der Waals surface area contributed by atoms with Gasteiger partial charge in [0.2, 0.25) is 35.4 Å². The number of ketones is 2. The summed E-state index contributed by atoms with van der Waals surface area (Å²) in [7, 11) is 1.70. The topological polar surface area (TPSA) is 352 Å². The number of thioether (sulfide) groups is 2. The first-order chi connectivity index (χ1) is 37.0. The standard InChI is InChI=1S/C27H44N8O4S.C25H43N7O4S/c1-4-10-22(28)26(38)30-24-17-21-18-35(34-31-21)15-9-7-12-20(11-6-5-8-14-29-27(24)39)25(37)33-32-23(19(2)36)13-16-40-3;1-4-10-20(26)22(33)13-14-23(34)29-16-8-5-6-11-19(12-7-9-17-30-32-27)24(35)31-25(36)21(28-2)15-18-37-3/h1,18,20,22-24,32H,5-17,28H2,2-3H3,(H,29,39)(H,30,38)(H,33,37);1,19-21,28H,5-18,26H2,2-3H3,(H,29,34)(H,31,35,36)/t20?,22-,23-,24?;19-,20-,21-/m00/s1. The van der Waals surface area contributed by atoms with Crippen LogP contribution < -0.4 is 48.9 Å². The molecule has 7 atom stereocenters. The van der Waals surface area contributed by atoms with Crippen molar-refractivity contribution < 1.29 is 38.4 Å². The van der Waals surface area contributed by atoms with Gasteiger partial charge >= 0.3 is 0 Å². The number of hydrogen-bond donors (Lipinski definition) is 9. The van der Waals surface area contributed by atoms with E-state index < -0.39 is 36.1 Å². The quantitative estimate of drug-likeness (QED) is 0.0125. The van der Waals surface area contributed by atoms with E-state index in [-0.39, 0.29) is 85.0 Å². The van der Waals surface area contributed by atoms with Crippen LogP contribution in [0.25, 0.3) is 10.4 Å². The summed E-state index contributed by atoms with van der Waals surface area (Å²) < 4.78 is 1.70. The number of hydrazine groups is 1. The molecule has 1 aromatic heterocycles. The van der Waals surface area contributed by atoms with Gasteiger partial charge in [0.15, 0.2) is 5.78 Å². The number of rotatable bonds is 32. The molecule has 0 saturated carbocycles. The van der Waals surface area contributed by atoms with Crippen molar-refractivity contribution in [3.63, 3.8) is 0 Å². The zero-order valence-corrected chi connectivity index (χ0v) is 47.4. The number of carbonyl (C=O) groups is 8. The Hall–Kier alpha value is -5.53. The van der Waals surface area contributed by atoms with Gasteiger partial charge in [0, 0.05) is 81.2 Å². The molecule has 0 radical (unpaired) electrons. The second-order valence-electron chi connectivity index (χ2n) is 19.0. The normalized spacial score (nSPS) is 17.0. The van der Waals surface area contributed by atoms with E-state index in [0.29, 0.717) is 83.2 Å². The molecule has 2 rings (SSSR count). The third-order valence-electron chi connectivity index (χ3n) is 12.8. The number of fused-ring (bicyclic) bond motifs is 2. The number of aryl methyl sites for hydroxylation is 1. The summed E-state index contributed by atoms with van der Waals surface area (Å²) in [6, 6.07) is -3.31. The van der Waals surface area contributed by atoms with Crippen molar-refractivity contribution in [2.75, 3.05) is 50.7 Å². The zero-order chi connectivity index (χ0) is 57.2. The van der Waals surface area contributed by atoms with Gasteiger partial charge < -0.3 is 32.7 Å². The number of unbranched alkanes of at least 4 members (excludes halogenated alkanes) is 3. The summed E-state index contributed by atoms with van der Waals surface area (Å²) in [5.41, 5.74) is 26.2. The van der Waals surface area contributed by atoms with Gasteiger partial charge in [0.1, 0.15) is 11.8 Å². The molecule has 6 amide bonds. The van der Waals surface area contributed by atoms with Crippen molar-refractivity contribution in [1.82, 2.24) is 52.4 Å². The van der Waals surface area contributed by atoms with Crippen molar-refractivity contribution in [2.24, 2.45) is 28.4 Å². The van der Waals surface area contributed by atoms with Crippen molar-refractivity contribution in [2.45, 2.75) is 179 Å². The Labute approximate surface area is 464 Å². The molecule has 430 valence electrons. The Morgan fingerprint density at radius 1 is 0.870 bits per heavy atom. The molecule has 11 N–H and O–H groups in total. The highest BCUT2D eigenvalue weighted by Crippen LogP contribution is 2.20. The van der Waals surface area contributed by atoms with Gasteiger partial charge in [-0.15, -0.1) is 29.8 Å². The number of azide groups is 1. The highest BCUT2D eigenvalue weighted by atomic mass is 32.2. The first-order valence-electron chi connectivity index (χ1n) is 26.8. The van der Waals surface area contributed by atoms with Crippen LogP contribution in [0.1, 0.15) is 141 Å². The predicted molar refractivity (Wildman–Crippen MR) is 302 cm³/mol. The highest BCUT2D eigenvalue weighted by Gasteiger charge is 2.27. The Morgan fingerprint density at radius 3 is 2.18 bits per heavy atom. The molecule has 2 unspecified atom stereocenters. The summed E-state index contributed by atoms with van der Waals surface area (Å²) >= 11 is 3.30. The van der Waals surface area contributed by atoms with Crippen LogP contribution in [0.5, 0.6) is 0 Å². The number of nitrogens with zero attached hydrogens (tertiary/aromatic N) is 6. The molecule has 2 bridgehead atoms. The van der Waals surface area contributed by atoms with Crippen molar-refractivity contribution >= 4 is 70.5 Å². The molecule has 0 aliphatic carbocycles. The number of nitrogens with one attached hydrogen (secondary N) is 7. The van der Waals surface area contributed by atoms with Gasteiger partial charge in [0.25, 0.3) is 0 Å². The van der Waals surface area contributed by atoms with Crippen molar-refractivity contribution in [3.8, 4) is 24.7 Å². The predicted octanol–water partition coefficient (Wildman–Crippen LogP) is 2.91. The molecule has 0 fully saturated rings. The maximum atomic E-state index is 13.0. The molecule has 0 saturated heterocycles. The maximum Gasteiger partial charge on any atom is 0.243 e. The number of nitrogens with two attached hydrogens (primary N) is 2. The van der Waals surface area contributed by atoms with E-state index in [2.05, 4.69) is 69.6 Å². The Kier molecular flexibility index (Phi) is 39.2. The average molecular weight is 1110 g/mol. The van der Waals surface area contributed by atoms with E-state index in [9.17, 15) is 38.4 Å². The van der Waals surface area contributed by atoms with E-state index in [1.807, 2.05) is 12.5 Å². The van der Waals surface area contributed by atoms with Crippen LogP contribution in [-0.2, 0) is 51.3 Å². The number of hydrogen-bond acceptors (Lipinski definition) is 17. The van der Waals surface area contributed by atoms with Crippen molar-refractivity contribution in [1.29, 1.82) is 0 Å². The lowest BCUT2D eigenvalue weighted by Gasteiger charge is -2.21. The number of carbonyl (C=O) groups excluding carboxylic acids is 8. The first kappa shape index (κ1) is 69.5. The monoisotopic (exact) mass is 1110 g/mol. The zero-order valence-electron chi connectivity index (χ0n) is 45.8. The Morgan fingerprint density at radius 2 is 1.53 bits per heavy atom. The van der Waals surface area contributed by atoms with Crippen LogP contribution in [0.4, 0.5) is 0 Å². The lowest BCUT2D eigenvalue weighted by molar-refractivity contribution is -0.134. The van der Waals surface area contributed by atoms with Crippen LogP contribution >= 0.6 is 23.5 Å². The van der Waals surface area contributed by atoms with E-state index >= 15 is 0 Å². The Balaban J connectivity index is 0.000000773. The van der Waals surface area contributed by atoms with Gasteiger partial charge in [0.05, 0.1) is 29.9 Å². The SMILES string of the molecule is C#CC[C@H](N)C(=O)CCC(=O)NCCCCC[C@@H](CCCCN=[N+]=[N-])C(=O)NC(=O)[C@H](CCSC)NC.C#CC[C@H](N)C(=O)NC1Cc2cn(nn2)CCCCC(C(=O)NN[C@@H](CCSC)C(C)=O)CCCCCNC1=O. The molecule has 1 aliphatic rings. The number of imide groups is 1. The molecule has 23 nitrogen and oxygen atoms in total. The number of terminal acetylenes is 2. The second kappa shape index (κ2) is 43.5. The summed E-state index contributed by atoms with van der Waals surface area (Å²) in [6.45, 7) is 3.42. The van der Waals surface area contributed by atoms with Crippen LogP contribution in [0.15, 0.2) is 11.3 Å². The van der Waals surface area contributed by atoms with Gasteiger partial charge in [-0.25, -0.2) is 5.43 Å². The molecular weight excluding hydrogens is 1030 g/mol. The Bertz CT molecular complexity index is 2090. The summed E-state index contributed by atoms with van der Waals surface area (Å²) in [4.78, 5) is 102. The van der Waals surface area contributed by atoms with E-state index in [1.54, 1.807) is 41.5 Å². The fraction of sp³-hybridized carbons (Fsp3) is 0.731. The van der Waals surface area contributed by atoms with E-state index in [0.717, 1.165) is 62.9 Å². The van der Waals surface area contributed by atoms with Crippen LogP contribution in [0, 0.1) is 36.5 Å². The minimum Gasteiger partial charge on any atom is -0.356 e.